The van der Waals surface area contributed by atoms with Crippen LogP contribution in [0.3, 0.4) is 0 Å². The van der Waals surface area contributed by atoms with Crippen molar-refractivity contribution in [2.45, 2.75) is 64.5 Å². The molecule has 3 aromatic rings. The Labute approximate surface area is 214 Å². The van der Waals surface area contributed by atoms with Crippen LogP contribution >= 0.6 is 11.6 Å². The minimum absolute atomic E-state index is 0.139. The number of hydrogen-bond acceptors (Lipinski definition) is 5. The van der Waals surface area contributed by atoms with E-state index in [1.807, 2.05) is 38.1 Å². The van der Waals surface area contributed by atoms with E-state index in [2.05, 4.69) is 15.5 Å². The van der Waals surface area contributed by atoms with Crippen LogP contribution in [-0.2, 0) is 12.1 Å². The average Bonchev–Trinajstić information content (AvgIpc) is 3.38. The first-order valence-corrected chi connectivity index (χ1v) is 12.9. The molecule has 4 bridgehead atoms. The molecule has 4 saturated carbocycles. The molecular weight excluding hydrogens is 480 g/mol. The van der Waals surface area contributed by atoms with Gasteiger partial charge < -0.3 is 5.32 Å². The summed E-state index contributed by atoms with van der Waals surface area (Å²) in [7, 11) is 0. The van der Waals surface area contributed by atoms with Crippen molar-refractivity contribution in [2.75, 3.05) is 5.32 Å². The van der Waals surface area contributed by atoms with Gasteiger partial charge >= 0.3 is 5.69 Å². The summed E-state index contributed by atoms with van der Waals surface area (Å²) in [6.07, 6.45) is 8.25. The van der Waals surface area contributed by atoms with Gasteiger partial charge in [0.1, 0.15) is 6.20 Å². The van der Waals surface area contributed by atoms with Gasteiger partial charge in [0.2, 0.25) is 5.69 Å². The Balaban J connectivity index is 1.28. The van der Waals surface area contributed by atoms with Gasteiger partial charge in [-0.15, -0.1) is 0 Å². The fraction of sp³-hybridized carbons (Fsp3) is 0.500. The predicted molar refractivity (Wildman–Crippen MR) is 135 cm³/mol. The van der Waals surface area contributed by atoms with Crippen LogP contribution in [0.5, 0.6) is 0 Å². The van der Waals surface area contributed by atoms with Crippen molar-refractivity contribution in [3.63, 3.8) is 0 Å². The molecule has 0 aliphatic heterocycles. The third-order valence-corrected chi connectivity index (χ3v) is 8.72. The highest BCUT2D eigenvalue weighted by molar-refractivity contribution is 6.30. The molecule has 0 saturated heterocycles. The highest BCUT2D eigenvalue weighted by Gasteiger charge is 2.53. The summed E-state index contributed by atoms with van der Waals surface area (Å²) < 4.78 is 3.57. The lowest BCUT2D eigenvalue weighted by Crippen LogP contribution is -2.52. The van der Waals surface area contributed by atoms with Gasteiger partial charge in [0.05, 0.1) is 34.1 Å². The molecule has 0 radical (unpaired) electrons. The number of anilines is 1. The number of aryl methyl sites for hydroxylation is 1. The smallest absolute Gasteiger partial charge is 0.317 e. The fourth-order valence-corrected chi connectivity index (χ4v) is 7.34. The summed E-state index contributed by atoms with van der Waals surface area (Å²) in [5.41, 5.74) is 2.39. The largest absolute Gasteiger partial charge is 0.320 e. The Hall–Kier alpha value is -3.20. The molecule has 2 heterocycles. The molecule has 10 heteroatoms. The van der Waals surface area contributed by atoms with E-state index in [0.717, 1.165) is 30.5 Å². The lowest BCUT2D eigenvalue weighted by molar-refractivity contribution is -0.385. The normalized spacial score (nSPS) is 26.4. The number of nitrogens with zero attached hydrogens (tertiary/aromatic N) is 5. The average molecular weight is 509 g/mol. The molecule has 4 fully saturated rings. The number of halogens is 1. The maximum Gasteiger partial charge on any atom is 0.320 e. The second-order valence-electron chi connectivity index (χ2n) is 11.0. The van der Waals surface area contributed by atoms with E-state index in [9.17, 15) is 14.9 Å². The first-order chi connectivity index (χ1) is 17.2. The summed E-state index contributed by atoms with van der Waals surface area (Å²) in [6.45, 7) is 4.19. The topological polar surface area (TPSA) is 108 Å². The summed E-state index contributed by atoms with van der Waals surface area (Å²) >= 11 is 5.99. The molecule has 36 heavy (non-hydrogen) atoms. The molecule has 0 atom stereocenters. The van der Waals surface area contributed by atoms with Gasteiger partial charge in [-0.25, -0.2) is 0 Å². The number of amides is 1. The third-order valence-electron chi connectivity index (χ3n) is 8.46. The number of nitrogens with one attached hydrogen (secondary N) is 1. The first kappa shape index (κ1) is 23.2. The Morgan fingerprint density at radius 1 is 1.11 bits per heavy atom. The Bertz CT molecular complexity index is 1320. The van der Waals surface area contributed by atoms with E-state index in [-0.39, 0.29) is 16.9 Å². The van der Waals surface area contributed by atoms with Gasteiger partial charge in [0, 0.05) is 5.02 Å². The van der Waals surface area contributed by atoms with Gasteiger partial charge in [-0.1, -0.05) is 23.7 Å². The monoisotopic (exact) mass is 508 g/mol. The van der Waals surface area contributed by atoms with Gasteiger partial charge in [-0.2, -0.15) is 10.2 Å². The number of hydrogen-bond donors (Lipinski definition) is 1. The van der Waals surface area contributed by atoms with Crippen LogP contribution in [0.15, 0.2) is 30.5 Å². The number of benzene rings is 1. The minimum Gasteiger partial charge on any atom is -0.317 e. The molecule has 7 rings (SSSR count). The molecule has 4 aliphatic carbocycles. The van der Waals surface area contributed by atoms with Crippen LogP contribution in [0.4, 0.5) is 11.4 Å². The van der Waals surface area contributed by atoms with E-state index in [4.69, 9.17) is 11.6 Å². The van der Waals surface area contributed by atoms with Crippen LogP contribution in [0.25, 0.3) is 0 Å². The lowest BCUT2D eigenvalue weighted by atomic mass is 9.53. The number of carbonyl (C=O) groups excluding carboxylic acids is 1. The van der Waals surface area contributed by atoms with Crippen molar-refractivity contribution < 1.29 is 9.72 Å². The maximum atomic E-state index is 13.3. The van der Waals surface area contributed by atoms with Crippen molar-refractivity contribution in [2.24, 2.45) is 17.8 Å². The molecule has 1 aromatic carbocycles. The summed E-state index contributed by atoms with van der Waals surface area (Å²) in [6, 6.07) is 7.50. The van der Waals surface area contributed by atoms with Gasteiger partial charge in [0.15, 0.2) is 0 Å². The van der Waals surface area contributed by atoms with Gasteiger partial charge in [0.25, 0.3) is 5.91 Å². The Morgan fingerprint density at radius 3 is 2.31 bits per heavy atom. The molecule has 0 spiro atoms. The Morgan fingerprint density at radius 2 is 1.72 bits per heavy atom. The zero-order chi connectivity index (χ0) is 25.2. The highest BCUT2D eigenvalue weighted by Crippen LogP contribution is 2.58. The van der Waals surface area contributed by atoms with E-state index in [1.54, 1.807) is 9.36 Å². The highest BCUT2D eigenvalue weighted by atomic mass is 35.5. The summed E-state index contributed by atoms with van der Waals surface area (Å²) in [5.74, 6) is 1.40. The molecular formula is C26H29ClN6O3. The fourth-order valence-electron chi connectivity index (χ4n) is 7.22. The van der Waals surface area contributed by atoms with Crippen molar-refractivity contribution in [3.05, 3.63) is 68.2 Å². The molecule has 188 valence electrons. The van der Waals surface area contributed by atoms with Crippen molar-refractivity contribution in [3.8, 4) is 0 Å². The van der Waals surface area contributed by atoms with E-state index in [1.165, 1.54) is 25.5 Å². The van der Waals surface area contributed by atoms with Crippen LogP contribution in [-0.4, -0.2) is 30.4 Å². The zero-order valence-corrected chi connectivity index (χ0v) is 21.2. The first-order valence-electron chi connectivity index (χ1n) is 12.5. The molecule has 2 aromatic heterocycles. The lowest BCUT2D eigenvalue weighted by Gasteiger charge is -2.56. The molecule has 9 nitrogen and oxygen atoms in total. The number of aromatic nitrogens is 4. The second kappa shape index (κ2) is 8.44. The van der Waals surface area contributed by atoms with Gasteiger partial charge in [-0.05, 0) is 87.8 Å². The summed E-state index contributed by atoms with van der Waals surface area (Å²) in [5, 5.41) is 24.6. The summed E-state index contributed by atoms with van der Waals surface area (Å²) in [4.78, 5) is 24.8. The standard InChI is InChI=1S/C26H29ClN6O3/c1-15-23(16(2)31(29-15)13-17-3-5-21(27)6-4-17)28-25(34)24-22(33(35)36)14-32(30-24)26-10-18-7-19(11-26)9-20(8-18)12-26/h3-6,14,18-20H,7-13H2,1-2H3,(H,28,34). The second-order valence-corrected chi connectivity index (χ2v) is 11.4. The van der Waals surface area contributed by atoms with Crippen molar-refractivity contribution in [1.29, 1.82) is 0 Å². The maximum absolute atomic E-state index is 13.3. The number of nitro groups is 1. The molecule has 1 amide bonds. The minimum atomic E-state index is -0.581. The SMILES string of the molecule is Cc1nn(Cc2ccc(Cl)cc2)c(C)c1NC(=O)c1nn(C23CC4CC(CC(C4)C2)C3)cc1[N+](=O)[O-]. The van der Waals surface area contributed by atoms with Crippen molar-refractivity contribution in [1.82, 2.24) is 19.6 Å². The third kappa shape index (κ3) is 3.89. The van der Waals surface area contributed by atoms with E-state index >= 15 is 0 Å². The van der Waals surface area contributed by atoms with Gasteiger partial charge in [-0.3, -0.25) is 24.3 Å². The molecule has 0 unspecified atom stereocenters. The molecule has 4 aliphatic rings. The predicted octanol–water partition coefficient (Wildman–Crippen LogP) is 5.48. The van der Waals surface area contributed by atoms with Crippen LogP contribution in [0.2, 0.25) is 5.02 Å². The number of carbonyl (C=O) groups is 1. The zero-order valence-electron chi connectivity index (χ0n) is 20.4. The van der Waals surface area contributed by atoms with E-state index in [0.29, 0.717) is 40.7 Å². The Kier molecular flexibility index (Phi) is 5.44. The quantitative estimate of drug-likeness (QED) is 0.350. The van der Waals surface area contributed by atoms with Crippen molar-refractivity contribution >= 4 is 28.9 Å². The van der Waals surface area contributed by atoms with Crippen LogP contribution in [0.1, 0.15) is 66.0 Å². The van der Waals surface area contributed by atoms with E-state index < -0.39 is 10.8 Å². The molecule has 1 N–H and O–H groups in total. The van der Waals surface area contributed by atoms with Crippen LogP contribution < -0.4 is 5.32 Å². The number of rotatable bonds is 6. The van der Waals surface area contributed by atoms with Crippen LogP contribution in [0, 0.1) is 41.7 Å².